The fourth-order valence-corrected chi connectivity index (χ4v) is 4.07. The first-order chi connectivity index (χ1) is 16.4. The van der Waals surface area contributed by atoms with Crippen LogP contribution in [0.2, 0.25) is 0 Å². The lowest BCUT2D eigenvalue weighted by Gasteiger charge is -2.10. The number of thiazole rings is 1. The van der Waals surface area contributed by atoms with E-state index in [-0.39, 0.29) is 0 Å². The summed E-state index contributed by atoms with van der Waals surface area (Å²) >= 11 is 1.32. The van der Waals surface area contributed by atoms with Crippen molar-refractivity contribution in [2.24, 2.45) is 0 Å². The summed E-state index contributed by atoms with van der Waals surface area (Å²) in [5.74, 6) is 1.67. The zero-order valence-electron chi connectivity index (χ0n) is 17.7. The topological polar surface area (TPSA) is 72.8 Å². The van der Waals surface area contributed by atoms with Crippen molar-refractivity contribution < 1.29 is 17.9 Å². The van der Waals surface area contributed by atoms with Crippen molar-refractivity contribution >= 4 is 33.2 Å². The third kappa shape index (κ3) is 4.40. The fourth-order valence-electron chi connectivity index (χ4n) is 3.35. The molecule has 3 aromatic heterocycles. The van der Waals surface area contributed by atoms with E-state index in [2.05, 4.69) is 25.3 Å². The molecule has 0 unspecified atom stereocenters. The van der Waals surface area contributed by atoms with E-state index in [1.165, 1.54) is 23.5 Å². The van der Waals surface area contributed by atoms with Crippen LogP contribution in [-0.2, 0) is 6.18 Å². The molecule has 0 bridgehead atoms. The maximum absolute atomic E-state index is 12.9. The molecule has 0 amide bonds. The number of nitrogens with zero attached hydrogens (tertiary/aromatic N) is 4. The Morgan fingerprint density at radius 3 is 2.47 bits per heavy atom. The van der Waals surface area contributed by atoms with Crippen molar-refractivity contribution in [2.75, 3.05) is 12.4 Å². The standard InChI is InChI=1S/C24H16F3N5OS/c1-33-17-8-9-19-18(11-17)22(31-21(29-19)15-3-2-10-28-12-15)32-23-30-20(13-34-23)14-4-6-16(7-5-14)24(25,26)27/h2-13H,1H3,(H,29,30,31,32). The summed E-state index contributed by atoms with van der Waals surface area (Å²) in [6, 6.07) is 14.1. The van der Waals surface area contributed by atoms with Crippen molar-refractivity contribution in [3.63, 3.8) is 0 Å². The average molecular weight is 479 g/mol. The molecular weight excluding hydrogens is 463 g/mol. The average Bonchev–Trinajstić information content (AvgIpc) is 3.32. The molecule has 170 valence electrons. The summed E-state index contributed by atoms with van der Waals surface area (Å²) in [5.41, 5.74) is 1.91. The molecule has 0 atom stereocenters. The van der Waals surface area contributed by atoms with Gasteiger partial charge in [0.05, 0.1) is 23.9 Å². The van der Waals surface area contributed by atoms with Crippen LogP contribution in [0.15, 0.2) is 72.4 Å². The highest BCUT2D eigenvalue weighted by molar-refractivity contribution is 7.14. The first-order valence-corrected chi connectivity index (χ1v) is 10.9. The molecule has 0 saturated heterocycles. The van der Waals surface area contributed by atoms with Gasteiger partial charge < -0.3 is 10.1 Å². The lowest BCUT2D eigenvalue weighted by molar-refractivity contribution is -0.137. The molecule has 0 radical (unpaired) electrons. The Bertz CT molecular complexity index is 1450. The molecule has 0 spiro atoms. The summed E-state index contributed by atoms with van der Waals surface area (Å²) < 4.78 is 43.9. The number of aromatic nitrogens is 4. The summed E-state index contributed by atoms with van der Waals surface area (Å²) in [5, 5.41) is 6.28. The van der Waals surface area contributed by atoms with Gasteiger partial charge in [0, 0.05) is 34.3 Å². The molecule has 5 rings (SSSR count). The van der Waals surface area contributed by atoms with E-state index in [4.69, 9.17) is 4.74 Å². The van der Waals surface area contributed by atoms with E-state index in [9.17, 15) is 13.2 Å². The summed E-state index contributed by atoms with van der Waals surface area (Å²) in [7, 11) is 1.58. The van der Waals surface area contributed by atoms with E-state index in [1.807, 2.05) is 24.3 Å². The minimum absolute atomic E-state index is 0.493. The van der Waals surface area contributed by atoms with Gasteiger partial charge in [0.1, 0.15) is 11.6 Å². The lowest BCUT2D eigenvalue weighted by Crippen LogP contribution is -2.04. The molecule has 5 aromatic rings. The number of halogens is 3. The van der Waals surface area contributed by atoms with Crippen LogP contribution in [0.25, 0.3) is 33.5 Å². The SMILES string of the molecule is COc1ccc2nc(-c3cccnc3)nc(Nc3nc(-c4ccc(C(F)(F)F)cc4)cs3)c2c1. The van der Waals surface area contributed by atoms with Crippen LogP contribution in [0.3, 0.4) is 0 Å². The van der Waals surface area contributed by atoms with Gasteiger partial charge in [0.25, 0.3) is 0 Å². The molecule has 0 fully saturated rings. The van der Waals surface area contributed by atoms with Crippen LogP contribution in [0.4, 0.5) is 24.1 Å². The van der Waals surface area contributed by atoms with Gasteiger partial charge in [-0.05, 0) is 42.5 Å². The first kappa shape index (κ1) is 21.8. The van der Waals surface area contributed by atoms with E-state index < -0.39 is 11.7 Å². The Balaban J connectivity index is 1.51. The Hall–Kier alpha value is -4.05. The zero-order chi connectivity index (χ0) is 23.7. The minimum Gasteiger partial charge on any atom is -0.497 e. The van der Waals surface area contributed by atoms with Crippen LogP contribution in [0.5, 0.6) is 5.75 Å². The van der Waals surface area contributed by atoms with Crippen molar-refractivity contribution in [3.05, 3.63) is 77.9 Å². The number of anilines is 2. The second-order valence-corrected chi connectivity index (χ2v) is 8.12. The number of hydrogen-bond acceptors (Lipinski definition) is 7. The second-order valence-electron chi connectivity index (χ2n) is 7.26. The maximum Gasteiger partial charge on any atom is 0.416 e. The van der Waals surface area contributed by atoms with E-state index in [0.717, 1.165) is 23.1 Å². The smallest absolute Gasteiger partial charge is 0.416 e. The van der Waals surface area contributed by atoms with E-state index in [0.29, 0.717) is 39.3 Å². The van der Waals surface area contributed by atoms with Crippen LogP contribution in [-0.4, -0.2) is 27.0 Å². The quantitative estimate of drug-likeness (QED) is 0.307. The minimum atomic E-state index is -4.38. The first-order valence-electron chi connectivity index (χ1n) is 10.1. The van der Waals surface area contributed by atoms with Crippen molar-refractivity contribution in [2.45, 2.75) is 6.18 Å². The second kappa shape index (κ2) is 8.71. The number of benzene rings is 2. The molecule has 0 aliphatic rings. The van der Waals surface area contributed by atoms with E-state index in [1.54, 1.807) is 30.9 Å². The van der Waals surface area contributed by atoms with Crippen LogP contribution in [0.1, 0.15) is 5.56 Å². The highest BCUT2D eigenvalue weighted by atomic mass is 32.1. The number of ether oxygens (including phenoxy) is 1. The van der Waals surface area contributed by atoms with Gasteiger partial charge in [-0.3, -0.25) is 4.98 Å². The highest BCUT2D eigenvalue weighted by Crippen LogP contribution is 2.34. The third-order valence-corrected chi connectivity index (χ3v) is 5.82. The molecule has 34 heavy (non-hydrogen) atoms. The molecule has 10 heteroatoms. The monoisotopic (exact) mass is 479 g/mol. The van der Waals surface area contributed by atoms with Crippen molar-refractivity contribution in [3.8, 4) is 28.4 Å². The molecule has 0 saturated carbocycles. The van der Waals surface area contributed by atoms with Gasteiger partial charge in [0.15, 0.2) is 11.0 Å². The fraction of sp³-hybridized carbons (Fsp3) is 0.0833. The van der Waals surface area contributed by atoms with Gasteiger partial charge in [0.2, 0.25) is 0 Å². The summed E-state index contributed by atoms with van der Waals surface area (Å²) in [6.45, 7) is 0. The summed E-state index contributed by atoms with van der Waals surface area (Å²) in [6.07, 6.45) is -1.03. The molecule has 3 heterocycles. The number of fused-ring (bicyclic) bond motifs is 1. The largest absolute Gasteiger partial charge is 0.497 e. The summed E-state index contributed by atoms with van der Waals surface area (Å²) in [4.78, 5) is 18.0. The van der Waals surface area contributed by atoms with Gasteiger partial charge >= 0.3 is 6.18 Å². The Kier molecular flexibility index (Phi) is 5.58. The van der Waals surface area contributed by atoms with Crippen molar-refractivity contribution in [1.29, 1.82) is 0 Å². The van der Waals surface area contributed by atoms with Gasteiger partial charge in [-0.25, -0.2) is 15.0 Å². The number of methoxy groups -OCH3 is 1. The van der Waals surface area contributed by atoms with Crippen LogP contribution >= 0.6 is 11.3 Å². The molecule has 1 N–H and O–H groups in total. The normalized spacial score (nSPS) is 11.5. The van der Waals surface area contributed by atoms with Gasteiger partial charge in [-0.2, -0.15) is 13.2 Å². The predicted octanol–water partition coefficient (Wildman–Crippen LogP) is 6.59. The molecule has 2 aromatic carbocycles. The number of rotatable bonds is 5. The molecule has 6 nitrogen and oxygen atoms in total. The predicted molar refractivity (Wildman–Crippen MR) is 125 cm³/mol. The van der Waals surface area contributed by atoms with Crippen LogP contribution < -0.4 is 10.1 Å². The third-order valence-electron chi connectivity index (χ3n) is 5.06. The molecule has 0 aliphatic carbocycles. The number of alkyl halides is 3. The zero-order valence-corrected chi connectivity index (χ0v) is 18.5. The number of pyridine rings is 1. The van der Waals surface area contributed by atoms with E-state index >= 15 is 0 Å². The Labute approximate surface area is 196 Å². The van der Waals surface area contributed by atoms with Crippen LogP contribution in [0, 0.1) is 0 Å². The maximum atomic E-state index is 12.9. The number of hydrogen-bond donors (Lipinski definition) is 1. The lowest BCUT2D eigenvalue weighted by atomic mass is 10.1. The Morgan fingerprint density at radius 2 is 1.76 bits per heavy atom. The van der Waals surface area contributed by atoms with Gasteiger partial charge in [-0.1, -0.05) is 12.1 Å². The van der Waals surface area contributed by atoms with Gasteiger partial charge in [-0.15, -0.1) is 11.3 Å². The molecule has 0 aliphatic heterocycles. The Morgan fingerprint density at radius 1 is 0.941 bits per heavy atom. The molecular formula is C24H16F3N5OS. The highest BCUT2D eigenvalue weighted by Gasteiger charge is 2.30. The number of nitrogens with one attached hydrogen (secondary N) is 1. The van der Waals surface area contributed by atoms with Crippen molar-refractivity contribution in [1.82, 2.24) is 19.9 Å².